The van der Waals surface area contributed by atoms with Gasteiger partial charge < -0.3 is 15.0 Å². The van der Waals surface area contributed by atoms with E-state index in [9.17, 15) is 9.59 Å². The van der Waals surface area contributed by atoms with Crippen LogP contribution in [-0.4, -0.2) is 23.3 Å². The number of unbranched alkanes of at least 4 members (excludes halogenated alkanes) is 2. The van der Waals surface area contributed by atoms with Crippen molar-refractivity contribution in [2.45, 2.75) is 72.4 Å². The van der Waals surface area contributed by atoms with Gasteiger partial charge in [0.25, 0.3) is 5.91 Å². The monoisotopic (exact) mass is 750 g/mol. The Balaban J connectivity index is 1.74. The number of halogens is 2. The molecular weight excluding hydrogens is 714 g/mol. The van der Waals surface area contributed by atoms with E-state index >= 15 is 0 Å². The zero-order valence-electron chi connectivity index (χ0n) is 23.1. The quantitative estimate of drug-likeness (QED) is 0.178. The topological polar surface area (TPSA) is 58.6 Å². The minimum Gasteiger partial charge on any atom is -0.487 e. The number of nitrogens with one attached hydrogen (secondary N) is 1. The maximum absolute atomic E-state index is 14.1. The molecule has 1 atom stereocenters. The summed E-state index contributed by atoms with van der Waals surface area (Å²) >= 11 is 4.63. The van der Waals surface area contributed by atoms with Crippen LogP contribution in [0.1, 0.15) is 72.0 Å². The van der Waals surface area contributed by atoms with Crippen LogP contribution in [0.2, 0.25) is 0 Å². The van der Waals surface area contributed by atoms with Crippen molar-refractivity contribution in [3.8, 4) is 5.75 Å². The van der Waals surface area contributed by atoms with Crippen molar-refractivity contribution >= 4 is 62.7 Å². The number of hydrogen-bond acceptors (Lipinski definition) is 3. The van der Waals surface area contributed by atoms with Crippen LogP contribution in [0.15, 0.2) is 48.5 Å². The average Bonchev–Trinajstić information content (AvgIpc) is 2.90. The molecule has 4 rings (SSSR count). The highest BCUT2D eigenvalue weighted by atomic mass is 127. The molecule has 3 aromatic rings. The Morgan fingerprint density at radius 1 is 1.03 bits per heavy atom. The summed E-state index contributed by atoms with van der Waals surface area (Å²) in [5.41, 5.74) is 7.07. The first-order valence-corrected chi connectivity index (χ1v) is 15.7. The molecule has 0 aromatic heterocycles. The van der Waals surface area contributed by atoms with E-state index in [4.69, 9.17) is 4.74 Å². The number of aryl methyl sites for hydroxylation is 3. The van der Waals surface area contributed by atoms with E-state index in [1.165, 1.54) is 0 Å². The number of fused-ring (bicyclic) bond motifs is 1. The molecule has 1 N–H and O–H groups in total. The van der Waals surface area contributed by atoms with Crippen molar-refractivity contribution in [1.29, 1.82) is 0 Å². The maximum Gasteiger partial charge on any atom is 0.251 e. The summed E-state index contributed by atoms with van der Waals surface area (Å²) in [5, 5.41) is 3.21. The summed E-state index contributed by atoms with van der Waals surface area (Å²) < 4.78 is 8.25. The number of hydrogen-bond donors (Lipinski definition) is 1. The van der Waals surface area contributed by atoms with Gasteiger partial charge in [0.15, 0.2) is 0 Å². The number of amides is 2. The number of nitrogens with zero attached hydrogens (tertiary/aromatic N) is 1. The predicted molar refractivity (Wildman–Crippen MR) is 174 cm³/mol. The van der Waals surface area contributed by atoms with Gasteiger partial charge in [0.1, 0.15) is 18.4 Å². The summed E-state index contributed by atoms with van der Waals surface area (Å²) in [6, 6.07) is 15.6. The van der Waals surface area contributed by atoms with Gasteiger partial charge in [-0.3, -0.25) is 9.59 Å². The van der Waals surface area contributed by atoms with Crippen molar-refractivity contribution in [3.63, 3.8) is 0 Å². The molecule has 1 aliphatic rings. The van der Waals surface area contributed by atoms with Gasteiger partial charge in [0.2, 0.25) is 5.91 Å². The van der Waals surface area contributed by atoms with E-state index in [2.05, 4.69) is 82.5 Å². The minimum atomic E-state index is -0.717. The molecule has 3 aromatic carbocycles. The van der Waals surface area contributed by atoms with Gasteiger partial charge in [-0.15, -0.1) is 0 Å². The molecule has 7 heteroatoms. The van der Waals surface area contributed by atoms with E-state index in [-0.39, 0.29) is 11.8 Å². The highest BCUT2D eigenvalue weighted by Gasteiger charge is 2.39. The minimum absolute atomic E-state index is 0.0349. The fourth-order valence-corrected chi connectivity index (χ4v) is 7.74. The van der Waals surface area contributed by atoms with Gasteiger partial charge in [0.05, 0.1) is 7.14 Å². The van der Waals surface area contributed by atoms with Gasteiger partial charge >= 0.3 is 0 Å². The Hall–Kier alpha value is -2.14. The van der Waals surface area contributed by atoms with E-state index in [1.54, 1.807) is 4.90 Å². The molecule has 0 fully saturated rings. The smallest absolute Gasteiger partial charge is 0.251 e. The SMILES string of the molecule is CCCCCC(=O)N1CCc2cc(I)c(OCc3ccccc3)c(I)c2C1C(=O)Nc1c(C)cc(C)cc1C. The van der Waals surface area contributed by atoms with Crippen LogP contribution in [0.25, 0.3) is 0 Å². The van der Waals surface area contributed by atoms with Crippen LogP contribution in [0.3, 0.4) is 0 Å². The Labute approximate surface area is 259 Å². The second-order valence-electron chi connectivity index (χ2n) is 10.3. The first-order valence-electron chi connectivity index (χ1n) is 13.6. The zero-order valence-corrected chi connectivity index (χ0v) is 27.4. The number of carbonyl (C=O) groups is 2. The third-order valence-electron chi connectivity index (χ3n) is 7.22. The number of carbonyl (C=O) groups excluding carboxylic acids is 2. The lowest BCUT2D eigenvalue weighted by Crippen LogP contribution is -2.46. The third-order valence-corrected chi connectivity index (χ3v) is 9.09. The van der Waals surface area contributed by atoms with Crippen molar-refractivity contribution in [2.24, 2.45) is 0 Å². The molecule has 1 heterocycles. The standard InChI is InChI=1S/C32H36I2N2O3/c1-5-6-8-13-26(37)36-15-14-24-18-25(33)31(39-19-23-11-9-7-10-12-23)28(34)27(24)30(36)32(38)35-29-21(3)16-20(2)17-22(29)4/h7,9-12,16-18,30H,5-6,8,13-15,19H2,1-4H3,(H,35,38). The molecule has 39 heavy (non-hydrogen) atoms. The van der Waals surface area contributed by atoms with Gasteiger partial charge in [-0.05, 0) is 107 Å². The average molecular weight is 750 g/mol. The molecule has 0 saturated carbocycles. The van der Waals surface area contributed by atoms with Gasteiger partial charge in [-0.2, -0.15) is 0 Å². The summed E-state index contributed by atoms with van der Waals surface area (Å²) in [5.74, 6) is 0.621. The molecule has 0 spiro atoms. The number of benzene rings is 3. The molecule has 5 nitrogen and oxygen atoms in total. The van der Waals surface area contributed by atoms with Crippen molar-refractivity contribution in [2.75, 3.05) is 11.9 Å². The largest absolute Gasteiger partial charge is 0.487 e. The van der Waals surface area contributed by atoms with Crippen LogP contribution in [0.5, 0.6) is 5.75 Å². The molecule has 1 unspecified atom stereocenters. The van der Waals surface area contributed by atoms with Crippen LogP contribution in [0.4, 0.5) is 5.69 Å². The van der Waals surface area contributed by atoms with E-state index in [0.29, 0.717) is 26.0 Å². The lowest BCUT2D eigenvalue weighted by Gasteiger charge is -2.38. The molecule has 0 aliphatic carbocycles. The normalized spacial score (nSPS) is 14.6. The van der Waals surface area contributed by atoms with E-state index in [1.807, 2.05) is 44.2 Å². The van der Waals surface area contributed by atoms with Crippen LogP contribution in [0, 0.1) is 27.9 Å². The molecule has 0 bridgehead atoms. The lowest BCUT2D eigenvalue weighted by atomic mass is 9.90. The summed E-state index contributed by atoms with van der Waals surface area (Å²) in [4.78, 5) is 29.4. The Morgan fingerprint density at radius 3 is 2.38 bits per heavy atom. The fraction of sp³-hybridized carbons (Fsp3) is 0.375. The fourth-order valence-electron chi connectivity index (χ4n) is 5.33. The second-order valence-corrected chi connectivity index (χ2v) is 12.5. The summed E-state index contributed by atoms with van der Waals surface area (Å²) in [6.07, 6.45) is 4.05. The first kappa shape index (κ1) is 29.8. The third kappa shape index (κ3) is 6.96. The molecule has 2 amide bonds. The van der Waals surface area contributed by atoms with Gasteiger partial charge in [-0.25, -0.2) is 0 Å². The molecule has 206 valence electrons. The van der Waals surface area contributed by atoms with E-state index in [0.717, 1.165) is 71.2 Å². The summed E-state index contributed by atoms with van der Waals surface area (Å²) in [7, 11) is 0. The second kappa shape index (κ2) is 13.5. The lowest BCUT2D eigenvalue weighted by molar-refractivity contribution is -0.139. The highest BCUT2D eigenvalue weighted by molar-refractivity contribution is 14.1. The molecule has 0 saturated heterocycles. The van der Waals surface area contributed by atoms with Crippen LogP contribution in [-0.2, 0) is 22.6 Å². The van der Waals surface area contributed by atoms with Crippen molar-refractivity contribution in [3.05, 3.63) is 89.1 Å². The number of rotatable bonds is 9. The van der Waals surface area contributed by atoms with E-state index < -0.39 is 6.04 Å². The molecular formula is C32H36I2N2O3. The molecule has 0 radical (unpaired) electrons. The zero-order chi connectivity index (χ0) is 28.1. The Kier molecular flexibility index (Phi) is 10.3. The Morgan fingerprint density at radius 2 is 1.72 bits per heavy atom. The number of ether oxygens (including phenoxy) is 1. The van der Waals surface area contributed by atoms with Crippen molar-refractivity contribution in [1.82, 2.24) is 4.90 Å². The highest BCUT2D eigenvalue weighted by Crippen LogP contribution is 2.42. The van der Waals surface area contributed by atoms with Gasteiger partial charge in [0, 0.05) is 24.2 Å². The predicted octanol–water partition coefficient (Wildman–Crippen LogP) is 8.04. The van der Waals surface area contributed by atoms with Crippen LogP contribution >= 0.6 is 45.2 Å². The maximum atomic E-state index is 14.1. The number of anilines is 1. The first-order chi connectivity index (χ1) is 18.7. The summed E-state index contributed by atoms with van der Waals surface area (Å²) in [6.45, 7) is 9.17. The Bertz CT molecular complexity index is 1330. The van der Waals surface area contributed by atoms with Crippen LogP contribution < -0.4 is 10.1 Å². The van der Waals surface area contributed by atoms with Crippen molar-refractivity contribution < 1.29 is 14.3 Å². The molecule has 1 aliphatic heterocycles. The van der Waals surface area contributed by atoms with Gasteiger partial charge in [-0.1, -0.05) is 67.8 Å².